The summed E-state index contributed by atoms with van der Waals surface area (Å²) in [6, 6.07) is 5.38. The number of nitrogens with zero attached hydrogens (tertiary/aromatic N) is 3. The minimum atomic E-state index is -3.35. The number of amides is 1. The van der Waals surface area contributed by atoms with E-state index in [0.717, 1.165) is 0 Å². The third kappa shape index (κ3) is 3.88. The van der Waals surface area contributed by atoms with Gasteiger partial charge in [-0.15, -0.1) is 0 Å². The number of carbonyl (C=O) groups is 1. The normalized spacial score (nSPS) is 22.6. The first-order chi connectivity index (χ1) is 13.4. The zero-order chi connectivity index (χ0) is 19.8. The summed E-state index contributed by atoms with van der Waals surface area (Å²) in [5.74, 6) is -0.368. The number of carbonyl (C=O) groups excluding carboxylic acids is 1. The highest BCUT2D eigenvalue weighted by Crippen LogP contribution is 2.33. The first-order valence-corrected chi connectivity index (χ1v) is 10.5. The molecule has 2 saturated heterocycles. The van der Waals surface area contributed by atoms with Crippen molar-refractivity contribution < 1.29 is 27.1 Å². The highest BCUT2D eigenvalue weighted by molar-refractivity contribution is 7.92. The molecule has 0 radical (unpaired) electrons. The Kier molecular flexibility index (Phi) is 4.84. The van der Waals surface area contributed by atoms with Gasteiger partial charge in [0.05, 0.1) is 31.8 Å². The van der Waals surface area contributed by atoms with E-state index in [2.05, 4.69) is 4.98 Å². The smallest absolute Gasteiger partial charge is 0.260 e. The number of rotatable bonds is 5. The standard InChI is InChI=1S/C18H20FN3O5S/c19-14-1-3-15(4-2-14)26-9-17(23)22-10-18(11-22)12-28(24,25)16(8-27-18)7-21-6-5-20-13-21/h1-6,13,16H,7-12H2/t16-/m0/s1. The van der Waals surface area contributed by atoms with E-state index < -0.39 is 20.7 Å². The number of ether oxygens (including phenoxy) is 2. The number of benzene rings is 1. The Bertz CT molecular complexity index is 940. The van der Waals surface area contributed by atoms with Crippen LogP contribution in [0.4, 0.5) is 4.39 Å². The van der Waals surface area contributed by atoms with Crippen molar-refractivity contribution in [1.29, 1.82) is 0 Å². The maximum Gasteiger partial charge on any atom is 0.260 e. The summed E-state index contributed by atoms with van der Waals surface area (Å²) in [5, 5.41) is -0.626. The fraction of sp³-hybridized carbons (Fsp3) is 0.444. The molecule has 1 aromatic carbocycles. The van der Waals surface area contributed by atoms with E-state index in [1.807, 2.05) is 0 Å². The van der Waals surface area contributed by atoms with Gasteiger partial charge in [-0.05, 0) is 24.3 Å². The van der Waals surface area contributed by atoms with Gasteiger partial charge in [-0.3, -0.25) is 4.79 Å². The molecule has 0 N–H and O–H groups in total. The van der Waals surface area contributed by atoms with Gasteiger partial charge < -0.3 is 18.9 Å². The van der Waals surface area contributed by atoms with E-state index in [9.17, 15) is 17.6 Å². The molecule has 2 aromatic rings. The third-order valence-corrected chi connectivity index (χ3v) is 7.24. The second kappa shape index (κ2) is 7.17. The number of hydrogen-bond acceptors (Lipinski definition) is 6. The van der Waals surface area contributed by atoms with Crippen molar-refractivity contribution in [3.05, 3.63) is 48.8 Å². The molecule has 0 saturated carbocycles. The van der Waals surface area contributed by atoms with Crippen LogP contribution in [0, 0.1) is 5.82 Å². The lowest BCUT2D eigenvalue weighted by molar-refractivity contribution is -0.166. The predicted octanol–water partition coefficient (Wildman–Crippen LogP) is 0.496. The SMILES string of the molecule is O=C(COc1ccc(F)cc1)N1CC2(C1)CS(=O)(=O)[C@@H](Cn1ccnc1)CO2. The van der Waals surface area contributed by atoms with E-state index in [4.69, 9.17) is 9.47 Å². The summed E-state index contributed by atoms with van der Waals surface area (Å²) in [4.78, 5) is 17.7. The van der Waals surface area contributed by atoms with E-state index in [1.54, 1.807) is 23.3 Å². The molecule has 0 unspecified atom stereocenters. The quantitative estimate of drug-likeness (QED) is 0.714. The highest BCUT2D eigenvalue weighted by atomic mass is 32.2. The van der Waals surface area contributed by atoms with Gasteiger partial charge in [0.2, 0.25) is 0 Å². The average Bonchev–Trinajstić information content (AvgIpc) is 3.13. The number of sulfone groups is 1. The molecule has 0 bridgehead atoms. The first kappa shape index (κ1) is 18.9. The first-order valence-electron chi connectivity index (χ1n) is 8.83. The Morgan fingerprint density at radius 1 is 1.32 bits per heavy atom. The summed E-state index contributed by atoms with van der Waals surface area (Å²) in [6.45, 7) is 0.629. The van der Waals surface area contributed by atoms with Gasteiger partial charge in [-0.1, -0.05) is 0 Å². The van der Waals surface area contributed by atoms with Crippen molar-refractivity contribution in [2.45, 2.75) is 17.4 Å². The third-order valence-electron chi connectivity index (χ3n) is 5.01. The fourth-order valence-electron chi connectivity index (χ4n) is 3.47. The molecular weight excluding hydrogens is 389 g/mol. The number of likely N-dealkylation sites (tertiary alicyclic amines) is 1. The Hall–Kier alpha value is -2.46. The molecule has 2 fully saturated rings. The van der Waals surface area contributed by atoms with E-state index in [0.29, 0.717) is 12.3 Å². The van der Waals surface area contributed by atoms with Crippen LogP contribution < -0.4 is 4.74 Å². The number of halogens is 1. The molecule has 28 heavy (non-hydrogen) atoms. The molecule has 1 atom stereocenters. The topological polar surface area (TPSA) is 90.7 Å². The van der Waals surface area contributed by atoms with Crippen molar-refractivity contribution in [2.75, 3.05) is 32.1 Å². The van der Waals surface area contributed by atoms with Crippen molar-refractivity contribution in [2.24, 2.45) is 0 Å². The molecule has 1 aromatic heterocycles. The van der Waals surface area contributed by atoms with E-state index in [1.165, 1.54) is 29.2 Å². The lowest BCUT2D eigenvalue weighted by Gasteiger charge is -2.52. The van der Waals surface area contributed by atoms with Crippen LogP contribution in [0.1, 0.15) is 0 Å². The van der Waals surface area contributed by atoms with Crippen LogP contribution in [-0.2, 0) is 25.9 Å². The largest absolute Gasteiger partial charge is 0.484 e. The maximum atomic E-state index is 12.9. The molecule has 150 valence electrons. The molecule has 0 aliphatic carbocycles. The molecule has 4 rings (SSSR count). The highest BCUT2D eigenvalue weighted by Gasteiger charge is 2.53. The van der Waals surface area contributed by atoms with Crippen LogP contribution in [0.2, 0.25) is 0 Å². The summed E-state index contributed by atoms with van der Waals surface area (Å²) >= 11 is 0. The van der Waals surface area contributed by atoms with Crippen LogP contribution in [0.3, 0.4) is 0 Å². The van der Waals surface area contributed by atoms with Crippen molar-refractivity contribution in [1.82, 2.24) is 14.5 Å². The lowest BCUT2D eigenvalue weighted by Crippen LogP contribution is -2.71. The Labute approximate surface area is 161 Å². The van der Waals surface area contributed by atoms with Gasteiger partial charge in [0, 0.05) is 18.9 Å². The number of imidazole rings is 1. The van der Waals surface area contributed by atoms with Crippen LogP contribution in [0.25, 0.3) is 0 Å². The molecule has 3 heterocycles. The van der Waals surface area contributed by atoms with Crippen molar-refractivity contribution in [3.63, 3.8) is 0 Å². The minimum absolute atomic E-state index is 0.0919. The molecule has 1 spiro atoms. The number of aromatic nitrogens is 2. The van der Waals surface area contributed by atoms with Gasteiger partial charge in [-0.25, -0.2) is 17.8 Å². The van der Waals surface area contributed by atoms with Crippen molar-refractivity contribution >= 4 is 15.7 Å². The van der Waals surface area contributed by atoms with Crippen LogP contribution in [0.5, 0.6) is 5.75 Å². The van der Waals surface area contributed by atoms with Gasteiger partial charge in [0.15, 0.2) is 16.4 Å². The lowest BCUT2D eigenvalue weighted by atomic mass is 9.95. The van der Waals surface area contributed by atoms with Crippen LogP contribution in [-0.4, -0.2) is 71.7 Å². The molecule has 2 aliphatic heterocycles. The second-order valence-corrected chi connectivity index (χ2v) is 9.46. The van der Waals surface area contributed by atoms with E-state index >= 15 is 0 Å². The average molecular weight is 409 g/mol. The summed E-state index contributed by atoms with van der Waals surface area (Å²) in [5.41, 5.74) is -0.837. The fourth-order valence-corrected chi connectivity index (χ4v) is 5.38. The molecule has 10 heteroatoms. The van der Waals surface area contributed by atoms with Gasteiger partial charge in [0.25, 0.3) is 5.91 Å². The zero-order valence-electron chi connectivity index (χ0n) is 15.0. The molecular formula is C18H20FN3O5S. The Morgan fingerprint density at radius 3 is 2.71 bits per heavy atom. The Morgan fingerprint density at radius 2 is 2.07 bits per heavy atom. The zero-order valence-corrected chi connectivity index (χ0v) is 15.8. The monoisotopic (exact) mass is 409 g/mol. The Balaban J connectivity index is 1.29. The van der Waals surface area contributed by atoms with Gasteiger partial charge in [0.1, 0.15) is 22.4 Å². The van der Waals surface area contributed by atoms with Crippen molar-refractivity contribution in [3.8, 4) is 5.75 Å². The van der Waals surface area contributed by atoms with Crippen LogP contribution in [0.15, 0.2) is 43.0 Å². The predicted molar refractivity (Wildman–Crippen MR) is 97.0 cm³/mol. The van der Waals surface area contributed by atoms with Gasteiger partial charge in [-0.2, -0.15) is 0 Å². The second-order valence-electron chi connectivity index (χ2n) is 7.18. The summed E-state index contributed by atoms with van der Waals surface area (Å²) in [7, 11) is -3.35. The summed E-state index contributed by atoms with van der Waals surface area (Å²) < 4.78 is 51.1. The van der Waals surface area contributed by atoms with Crippen LogP contribution >= 0.6 is 0 Å². The minimum Gasteiger partial charge on any atom is -0.484 e. The summed E-state index contributed by atoms with van der Waals surface area (Å²) in [6.07, 6.45) is 4.89. The number of hydrogen-bond donors (Lipinski definition) is 0. The molecule has 2 aliphatic rings. The van der Waals surface area contributed by atoms with E-state index in [-0.39, 0.29) is 43.8 Å². The molecule has 1 amide bonds. The van der Waals surface area contributed by atoms with Gasteiger partial charge >= 0.3 is 0 Å². The molecule has 8 nitrogen and oxygen atoms in total. The maximum absolute atomic E-state index is 12.9.